The second-order valence-corrected chi connectivity index (χ2v) is 6.81. The molecule has 0 bridgehead atoms. The Balaban J connectivity index is 2.06. The first-order valence-corrected chi connectivity index (χ1v) is 9.02. The number of fused-ring (bicyclic) bond motifs is 1. The lowest BCUT2D eigenvalue weighted by Gasteiger charge is -2.20. The van der Waals surface area contributed by atoms with E-state index in [0.717, 1.165) is 27.7 Å². The van der Waals surface area contributed by atoms with Gasteiger partial charge in [-0.1, -0.05) is 30.3 Å². The maximum absolute atomic E-state index is 13.0. The van der Waals surface area contributed by atoms with Crippen LogP contribution in [0.5, 0.6) is 0 Å². The molecule has 5 heteroatoms. The lowest BCUT2D eigenvalue weighted by molar-refractivity contribution is -0.117. The van der Waals surface area contributed by atoms with Crippen molar-refractivity contribution in [3.8, 4) is 0 Å². The summed E-state index contributed by atoms with van der Waals surface area (Å²) in [7, 11) is 1.74. The molecule has 2 aromatic carbocycles. The van der Waals surface area contributed by atoms with Gasteiger partial charge in [0.2, 0.25) is 5.91 Å². The highest BCUT2D eigenvalue weighted by Crippen LogP contribution is 2.28. The number of aryl methyl sites for hydroxylation is 3. The molecule has 0 fully saturated rings. The molecule has 3 aromatic rings. The van der Waals surface area contributed by atoms with Crippen LogP contribution >= 0.6 is 0 Å². The van der Waals surface area contributed by atoms with Crippen LogP contribution in [0.15, 0.2) is 42.5 Å². The predicted molar refractivity (Wildman–Crippen MR) is 108 cm³/mol. The van der Waals surface area contributed by atoms with Gasteiger partial charge in [0.1, 0.15) is 5.69 Å². The average Bonchev–Trinajstić information content (AvgIpc) is 2.97. The molecule has 0 saturated heterocycles. The Labute approximate surface area is 158 Å². The highest BCUT2D eigenvalue weighted by atomic mass is 16.4. The number of amides is 1. The van der Waals surface area contributed by atoms with E-state index < -0.39 is 5.97 Å². The first-order valence-electron chi connectivity index (χ1n) is 9.02. The number of hydrogen-bond donors (Lipinski definition) is 1. The van der Waals surface area contributed by atoms with Gasteiger partial charge in [0.15, 0.2) is 0 Å². The molecule has 0 unspecified atom stereocenters. The minimum atomic E-state index is -1.01. The lowest BCUT2D eigenvalue weighted by atomic mass is 10.1. The topological polar surface area (TPSA) is 62.5 Å². The van der Waals surface area contributed by atoms with Gasteiger partial charge >= 0.3 is 5.97 Å². The first-order chi connectivity index (χ1) is 12.8. The van der Waals surface area contributed by atoms with Crippen LogP contribution in [0.1, 0.15) is 34.1 Å². The number of benzene rings is 2. The monoisotopic (exact) mass is 364 g/mol. The van der Waals surface area contributed by atoms with E-state index in [1.54, 1.807) is 16.5 Å². The molecule has 0 aliphatic rings. The van der Waals surface area contributed by atoms with Crippen molar-refractivity contribution >= 4 is 28.5 Å². The van der Waals surface area contributed by atoms with Crippen LogP contribution in [-0.4, -0.2) is 28.6 Å². The van der Waals surface area contributed by atoms with Gasteiger partial charge in [-0.2, -0.15) is 0 Å². The van der Waals surface area contributed by atoms with Crippen LogP contribution in [0.4, 0.5) is 5.69 Å². The molecule has 0 saturated carbocycles. The zero-order valence-electron chi connectivity index (χ0n) is 16.1. The molecule has 1 heterocycles. The van der Waals surface area contributed by atoms with Gasteiger partial charge in [-0.05, 0) is 44.0 Å². The van der Waals surface area contributed by atoms with Gasteiger partial charge in [0, 0.05) is 35.7 Å². The molecule has 0 aliphatic carbocycles. The molecule has 1 amide bonds. The molecular formula is C22H24N2O3. The summed E-state index contributed by atoms with van der Waals surface area (Å²) in [6.07, 6.45) is 0.0407. The number of carboxylic acids is 1. The maximum Gasteiger partial charge on any atom is 0.352 e. The smallest absolute Gasteiger partial charge is 0.352 e. The van der Waals surface area contributed by atoms with Crippen LogP contribution in [-0.2, 0) is 17.8 Å². The van der Waals surface area contributed by atoms with Crippen molar-refractivity contribution in [2.24, 2.45) is 0 Å². The van der Waals surface area contributed by atoms with E-state index in [1.807, 2.05) is 63.2 Å². The van der Waals surface area contributed by atoms with E-state index in [9.17, 15) is 14.7 Å². The largest absolute Gasteiger partial charge is 0.477 e. The highest BCUT2D eigenvalue weighted by molar-refractivity contribution is 6.03. The van der Waals surface area contributed by atoms with Gasteiger partial charge in [-0.15, -0.1) is 0 Å². The molecular weight excluding hydrogens is 340 g/mol. The lowest BCUT2D eigenvalue weighted by Crippen LogP contribution is -2.29. The van der Waals surface area contributed by atoms with Gasteiger partial charge in [-0.25, -0.2) is 4.79 Å². The molecule has 5 nitrogen and oxygen atoms in total. The fourth-order valence-corrected chi connectivity index (χ4v) is 3.61. The quantitative estimate of drug-likeness (QED) is 0.739. The zero-order chi connectivity index (χ0) is 19.7. The minimum absolute atomic E-state index is 0.0407. The van der Waals surface area contributed by atoms with Crippen LogP contribution in [0.3, 0.4) is 0 Å². The minimum Gasteiger partial charge on any atom is -0.477 e. The number of carbonyl (C=O) groups excluding carboxylic acids is 1. The van der Waals surface area contributed by atoms with Crippen molar-refractivity contribution in [3.63, 3.8) is 0 Å². The Hall–Kier alpha value is -3.08. The summed E-state index contributed by atoms with van der Waals surface area (Å²) in [6.45, 7) is 6.39. The maximum atomic E-state index is 13.0. The number of rotatable bonds is 5. The number of para-hydroxylation sites is 1. The number of carboxylic acid groups (broad SMARTS) is 1. The zero-order valence-corrected chi connectivity index (χ0v) is 16.1. The van der Waals surface area contributed by atoms with E-state index in [-0.39, 0.29) is 18.0 Å². The summed E-state index contributed by atoms with van der Waals surface area (Å²) in [5.74, 6) is -1.14. The van der Waals surface area contributed by atoms with Crippen molar-refractivity contribution in [1.29, 1.82) is 0 Å². The number of likely N-dealkylation sites (N-methyl/N-ethyl adjacent to an activating group) is 1. The van der Waals surface area contributed by atoms with Crippen LogP contribution in [0.25, 0.3) is 10.9 Å². The van der Waals surface area contributed by atoms with Gasteiger partial charge in [0.05, 0.1) is 6.42 Å². The Morgan fingerprint density at radius 2 is 1.81 bits per heavy atom. The Kier molecular flexibility index (Phi) is 5.04. The van der Waals surface area contributed by atoms with E-state index in [1.165, 1.54) is 0 Å². The van der Waals surface area contributed by atoms with E-state index in [2.05, 4.69) is 0 Å². The van der Waals surface area contributed by atoms with Crippen LogP contribution < -0.4 is 4.90 Å². The van der Waals surface area contributed by atoms with E-state index in [4.69, 9.17) is 0 Å². The summed E-state index contributed by atoms with van der Waals surface area (Å²) in [5.41, 5.74) is 4.53. The van der Waals surface area contributed by atoms with Crippen molar-refractivity contribution in [2.75, 3.05) is 11.9 Å². The Morgan fingerprint density at radius 3 is 2.48 bits per heavy atom. The van der Waals surface area contributed by atoms with Crippen LogP contribution in [0.2, 0.25) is 0 Å². The molecule has 0 spiro atoms. The number of aromatic nitrogens is 1. The Bertz CT molecular complexity index is 1030. The molecule has 1 aromatic heterocycles. The van der Waals surface area contributed by atoms with Crippen molar-refractivity contribution in [3.05, 3.63) is 64.8 Å². The normalized spacial score (nSPS) is 11.0. The van der Waals surface area contributed by atoms with Crippen molar-refractivity contribution in [1.82, 2.24) is 4.57 Å². The molecule has 1 N–H and O–H groups in total. The molecule has 140 valence electrons. The fourth-order valence-electron chi connectivity index (χ4n) is 3.61. The van der Waals surface area contributed by atoms with E-state index in [0.29, 0.717) is 12.1 Å². The summed E-state index contributed by atoms with van der Waals surface area (Å²) >= 11 is 0. The molecule has 0 atom stereocenters. The predicted octanol–water partition coefficient (Wildman–Crippen LogP) is 4.18. The summed E-state index contributed by atoms with van der Waals surface area (Å²) < 4.78 is 1.76. The molecule has 3 rings (SSSR count). The van der Waals surface area contributed by atoms with Crippen LogP contribution in [0, 0.1) is 13.8 Å². The van der Waals surface area contributed by atoms with Gasteiger partial charge in [-0.3, -0.25) is 4.79 Å². The van der Waals surface area contributed by atoms with Crippen molar-refractivity contribution < 1.29 is 14.7 Å². The summed E-state index contributed by atoms with van der Waals surface area (Å²) in [6, 6.07) is 13.5. The molecule has 27 heavy (non-hydrogen) atoms. The number of aromatic carboxylic acids is 1. The Morgan fingerprint density at radius 1 is 1.11 bits per heavy atom. The third-order valence-corrected chi connectivity index (χ3v) is 5.02. The number of carbonyl (C=O) groups is 2. The van der Waals surface area contributed by atoms with Crippen molar-refractivity contribution in [2.45, 2.75) is 33.7 Å². The fraction of sp³-hybridized carbons (Fsp3) is 0.273. The summed E-state index contributed by atoms with van der Waals surface area (Å²) in [5, 5.41) is 10.6. The SMILES string of the molecule is CCn1c(C(=O)O)c(CC(=O)N(C)c2cc(C)ccc2C)c2ccccc21. The van der Waals surface area contributed by atoms with E-state index >= 15 is 0 Å². The second-order valence-electron chi connectivity index (χ2n) is 6.81. The van der Waals surface area contributed by atoms with Gasteiger partial charge < -0.3 is 14.6 Å². The first kappa shape index (κ1) is 18.7. The summed E-state index contributed by atoms with van der Waals surface area (Å²) in [4.78, 5) is 26.6. The third-order valence-electron chi connectivity index (χ3n) is 5.02. The van der Waals surface area contributed by atoms with Gasteiger partial charge in [0.25, 0.3) is 0 Å². The average molecular weight is 364 g/mol. The standard InChI is InChI=1S/C22H24N2O3/c1-5-24-18-9-7-6-8-16(18)17(21(24)22(26)27)13-20(25)23(4)19-12-14(2)10-11-15(19)3/h6-12H,5,13H2,1-4H3,(H,26,27). The second kappa shape index (κ2) is 7.27. The number of anilines is 1. The number of nitrogens with zero attached hydrogens (tertiary/aromatic N) is 2. The number of hydrogen-bond acceptors (Lipinski definition) is 2. The highest BCUT2D eigenvalue weighted by Gasteiger charge is 2.25. The molecule has 0 aliphatic heterocycles. The third kappa shape index (κ3) is 3.33. The molecule has 0 radical (unpaired) electrons.